The molecule has 0 spiro atoms. The van der Waals surface area contributed by atoms with Gasteiger partial charge >= 0.3 is 0 Å². The van der Waals surface area contributed by atoms with Crippen molar-refractivity contribution in [1.82, 2.24) is 10.9 Å². The summed E-state index contributed by atoms with van der Waals surface area (Å²) in [5.74, 6) is -0.710. The topological polar surface area (TPSA) is 87.3 Å². The first-order chi connectivity index (χ1) is 12.5. The van der Waals surface area contributed by atoms with Crippen molar-refractivity contribution in [2.24, 2.45) is 0 Å². The van der Waals surface area contributed by atoms with E-state index in [1.165, 1.54) is 0 Å². The van der Waals surface area contributed by atoms with Crippen LogP contribution in [0.4, 0.5) is 5.69 Å². The fourth-order valence-corrected chi connectivity index (χ4v) is 2.25. The molecule has 2 aromatic rings. The molecule has 0 radical (unpaired) electrons. The Morgan fingerprint density at radius 3 is 2.04 bits per heavy atom. The van der Waals surface area contributed by atoms with Crippen molar-refractivity contribution in [2.75, 3.05) is 5.32 Å². The van der Waals surface area contributed by atoms with Gasteiger partial charge in [0.1, 0.15) is 0 Å². The van der Waals surface area contributed by atoms with Crippen molar-refractivity contribution in [2.45, 2.75) is 32.6 Å². The Labute approximate surface area is 153 Å². The van der Waals surface area contributed by atoms with Crippen LogP contribution < -0.4 is 16.2 Å². The molecule has 26 heavy (non-hydrogen) atoms. The third-order valence-corrected chi connectivity index (χ3v) is 3.79. The number of nitrogens with one attached hydrogen (secondary N) is 3. The second-order valence-electron chi connectivity index (χ2n) is 6.19. The van der Waals surface area contributed by atoms with Crippen molar-refractivity contribution < 1.29 is 14.4 Å². The molecule has 0 atom stereocenters. The Balaban J connectivity index is 1.72. The molecule has 0 aromatic heterocycles. The number of benzene rings is 2. The maximum absolute atomic E-state index is 12.0. The van der Waals surface area contributed by atoms with Crippen LogP contribution in [-0.4, -0.2) is 17.7 Å². The van der Waals surface area contributed by atoms with Gasteiger partial charge in [0.05, 0.1) is 0 Å². The normalized spacial score (nSPS) is 10.3. The molecular weight excluding hydrogens is 330 g/mol. The summed E-state index contributed by atoms with van der Waals surface area (Å²) in [5, 5.41) is 2.70. The van der Waals surface area contributed by atoms with Gasteiger partial charge < -0.3 is 5.32 Å². The van der Waals surface area contributed by atoms with E-state index in [9.17, 15) is 14.4 Å². The molecule has 3 amide bonds. The van der Waals surface area contributed by atoms with E-state index in [1.54, 1.807) is 24.3 Å². The van der Waals surface area contributed by atoms with Crippen LogP contribution in [-0.2, 0) is 9.59 Å². The summed E-state index contributed by atoms with van der Waals surface area (Å²) in [6.07, 6.45) is 0.00488. The minimum Gasteiger partial charge on any atom is -0.326 e. The van der Waals surface area contributed by atoms with Crippen LogP contribution in [0, 0.1) is 0 Å². The molecule has 0 heterocycles. The predicted octanol–water partition coefficient (Wildman–Crippen LogP) is 2.99. The minimum absolute atomic E-state index is 0.0226. The Bertz CT molecular complexity index is 756. The van der Waals surface area contributed by atoms with Gasteiger partial charge in [-0.05, 0) is 35.7 Å². The summed E-state index contributed by atoms with van der Waals surface area (Å²) in [7, 11) is 0. The Morgan fingerprint density at radius 2 is 1.42 bits per heavy atom. The summed E-state index contributed by atoms with van der Waals surface area (Å²) < 4.78 is 0. The van der Waals surface area contributed by atoms with E-state index < -0.39 is 11.8 Å². The van der Waals surface area contributed by atoms with Gasteiger partial charge in [-0.2, -0.15) is 0 Å². The molecule has 0 saturated heterocycles. The second-order valence-corrected chi connectivity index (χ2v) is 6.19. The molecule has 0 saturated carbocycles. The van der Waals surface area contributed by atoms with Crippen LogP contribution >= 0.6 is 0 Å². The molecule has 6 heteroatoms. The highest BCUT2D eigenvalue weighted by Crippen LogP contribution is 2.14. The molecular formula is C20H23N3O3. The minimum atomic E-state index is -0.430. The zero-order valence-electron chi connectivity index (χ0n) is 14.9. The predicted molar refractivity (Wildman–Crippen MR) is 100 cm³/mol. The van der Waals surface area contributed by atoms with Crippen LogP contribution in [0.5, 0.6) is 0 Å². The first-order valence-corrected chi connectivity index (χ1v) is 8.49. The van der Waals surface area contributed by atoms with Crippen LogP contribution in [0.3, 0.4) is 0 Å². The summed E-state index contributed by atoms with van der Waals surface area (Å²) in [5.41, 5.74) is 6.94. The van der Waals surface area contributed by atoms with Gasteiger partial charge in [-0.3, -0.25) is 25.2 Å². The summed E-state index contributed by atoms with van der Waals surface area (Å²) in [6, 6.07) is 16.2. The molecule has 0 aliphatic carbocycles. The maximum atomic E-state index is 12.0. The molecule has 2 aromatic carbocycles. The third-order valence-electron chi connectivity index (χ3n) is 3.79. The molecule has 0 unspecified atom stereocenters. The van der Waals surface area contributed by atoms with Crippen molar-refractivity contribution in [1.29, 1.82) is 0 Å². The van der Waals surface area contributed by atoms with Crippen LogP contribution in [0.15, 0.2) is 54.6 Å². The Kier molecular flexibility index (Phi) is 6.91. The largest absolute Gasteiger partial charge is 0.326 e. The lowest BCUT2D eigenvalue weighted by Crippen LogP contribution is -2.41. The van der Waals surface area contributed by atoms with E-state index in [0.717, 1.165) is 5.56 Å². The van der Waals surface area contributed by atoms with Gasteiger partial charge in [-0.1, -0.05) is 44.2 Å². The number of hydrogen-bond acceptors (Lipinski definition) is 3. The van der Waals surface area contributed by atoms with E-state index in [1.807, 2.05) is 30.3 Å². The van der Waals surface area contributed by atoms with Gasteiger partial charge in [0.15, 0.2) is 0 Å². The summed E-state index contributed by atoms with van der Waals surface area (Å²) in [6.45, 7) is 4.15. The summed E-state index contributed by atoms with van der Waals surface area (Å²) in [4.78, 5) is 35.6. The second kappa shape index (κ2) is 9.36. The number of rotatable bonds is 6. The van der Waals surface area contributed by atoms with Crippen molar-refractivity contribution in [3.8, 4) is 0 Å². The van der Waals surface area contributed by atoms with Crippen molar-refractivity contribution in [3.05, 3.63) is 65.7 Å². The molecule has 0 bridgehead atoms. The fraction of sp³-hybridized carbons (Fsp3) is 0.250. The van der Waals surface area contributed by atoms with E-state index in [4.69, 9.17) is 0 Å². The van der Waals surface area contributed by atoms with Crippen molar-refractivity contribution in [3.63, 3.8) is 0 Å². The number of para-hydroxylation sites is 1. The molecule has 0 aliphatic rings. The van der Waals surface area contributed by atoms with Gasteiger partial charge in [0.2, 0.25) is 11.8 Å². The molecule has 0 fully saturated rings. The molecule has 136 valence electrons. The number of hydrazine groups is 1. The van der Waals surface area contributed by atoms with Gasteiger partial charge in [0, 0.05) is 24.1 Å². The zero-order valence-corrected chi connectivity index (χ0v) is 14.9. The van der Waals surface area contributed by atoms with Gasteiger partial charge in [-0.15, -0.1) is 0 Å². The highest BCUT2D eigenvalue weighted by molar-refractivity contribution is 5.96. The smallest absolute Gasteiger partial charge is 0.269 e. The highest BCUT2D eigenvalue weighted by Gasteiger charge is 2.10. The molecule has 2 rings (SSSR count). The number of anilines is 1. The quantitative estimate of drug-likeness (QED) is 0.698. The average Bonchev–Trinajstić information content (AvgIpc) is 2.65. The SMILES string of the molecule is CC(C)c1ccc(C(=O)NNC(=O)CCC(=O)Nc2ccccc2)cc1. The number of carbonyl (C=O) groups excluding carboxylic acids is 3. The maximum Gasteiger partial charge on any atom is 0.269 e. The number of carbonyl (C=O) groups is 3. The van der Waals surface area contributed by atoms with Gasteiger partial charge in [-0.25, -0.2) is 0 Å². The van der Waals surface area contributed by atoms with E-state index in [2.05, 4.69) is 30.0 Å². The van der Waals surface area contributed by atoms with E-state index in [-0.39, 0.29) is 18.7 Å². The van der Waals surface area contributed by atoms with Crippen LogP contribution in [0.2, 0.25) is 0 Å². The van der Waals surface area contributed by atoms with Gasteiger partial charge in [0.25, 0.3) is 5.91 Å². The average molecular weight is 353 g/mol. The molecule has 6 nitrogen and oxygen atoms in total. The lowest BCUT2D eigenvalue weighted by molar-refractivity contribution is -0.124. The molecule has 0 aliphatic heterocycles. The van der Waals surface area contributed by atoms with Crippen molar-refractivity contribution >= 4 is 23.4 Å². The highest BCUT2D eigenvalue weighted by atomic mass is 16.2. The lowest BCUT2D eigenvalue weighted by atomic mass is 10.0. The zero-order chi connectivity index (χ0) is 18.9. The van der Waals surface area contributed by atoms with E-state index in [0.29, 0.717) is 17.2 Å². The fourth-order valence-electron chi connectivity index (χ4n) is 2.25. The third kappa shape index (κ3) is 6.05. The first-order valence-electron chi connectivity index (χ1n) is 8.49. The van der Waals surface area contributed by atoms with Crippen LogP contribution in [0.1, 0.15) is 48.5 Å². The number of hydrogen-bond donors (Lipinski definition) is 3. The lowest BCUT2D eigenvalue weighted by Gasteiger charge is -2.09. The Morgan fingerprint density at radius 1 is 0.808 bits per heavy atom. The van der Waals surface area contributed by atoms with Crippen LogP contribution in [0.25, 0.3) is 0 Å². The Hall–Kier alpha value is -3.15. The standard InChI is InChI=1S/C20H23N3O3/c1-14(2)15-8-10-16(11-9-15)20(26)23-22-19(25)13-12-18(24)21-17-6-4-3-5-7-17/h3-11,14H,12-13H2,1-2H3,(H,21,24)(H,22,25)(H,23,26). The number of amides is 3. The monoisotopic (exact) mass is 353 g/mol. The molecule has 3 N–H and O–H groups in total. The van der Waals surface area contributed by atoms with E-state index >= 15 is 0 Å². The summed E-state index contributed by atoms with van der Waals surface area (Å²) >= 11 is 0. The first kappa shape index (κ1) is 19.2.